The zero-order valence-corrected chi connectivity index (χ0v) is 14.5. The number of amides is 1. The maximum atomic E-state index is 12.1. The third-order valence-electron chi connectivity index (χ3n) is 3.90. The van der Waals surface area contributed by atoms with Gasteiger partial charge in [0.05, 0.1) is 12.0 Å². The minimum atomic E-state index is -0.253. The molecule has 4 aromatic rings. The zero-order chi connectivity index (χ0) is 17.9. The van der Waals surface area contributed by atoms with Crippen molar-refractivity contribution in [3.63, 3.8) is 0 Å². The Morgan fingerprint density at radius 2 is 2.04 bits per heavy atom. The minimum Gasteiger partial charge on any atom is -0.395 e. The van der Waals surface area contributed by atoms with E-state index in [1.165, 1.54) is 11.3 Å². The number of hydrogen-bond acceptors (Lipinski definition) is 6. The molecule has 0 atom stereocenters. The van der Waals surface area contributed by atoms with Crippen molar-refractivity contribution in [2.75, 3.05) is 13.2 Å². The monoisotopic (exact) mass is 365 g/mol. The molecule has 2 N–H and O–H groups in total. The van der Waals surface area contributed by atoms with Crippen LogP contribution < -0.4 is 5.32 Å². The highest BCUT2D eigenvalue weighted by Gasteiger charge is 2.16. The highest BCUT2D eigenvalue weighted by atomic mass is 32.1. The van der Waals surface area contributed by atoms with Gasteiger partial charge in [0.1, 0.15) is 16.4 Å². The van der Waals surface area contributed by atoms with Gasteiger partial charge < -0.3 is 14.9 Å². The van der Waals surface area contributed by atoms with Crippen molar-refractivity contribution < 1.29 is 14.4 Å². The summed E-state index contributed by atoms with van der Waals surface area (Å²) in [5, 5.41) is 19.2. The van der Waals surface area contributed by atoms with Crippen LogP contribution in [0.3, 0.4) is 0 Å². The number of hydrogen-bond donors (Lipinski definition) is 2. The van der Waals surface area contributed by atoms with Crippen molar-refractivity contribution in [3.05, 3.63) is 59.5 Å². The van der Waals surface area contributed by atoms with Crippen LogP contribution in [0.15, 0.2) is 58.4 Å². The van der Waals surface area contributed by atoms with Crippen molar-refractivity contribution in [1.29, 1.82) is 0 Å². The number of rotatable bonds is 5. The van der Waals surface area contributed by atoms with Crippen LogP contribution in [0.4, 0.5) is 0 Å². The van der Waals surface area contributed by atoms with Gasteiger partial charge >= 0.3 is 0 Å². The number of carbonyl (C=O) groups is 1. The first-order valence-electron chi connectivity index (χ1n) is 8.06. The second-order valence-electron chi connectivity index (χ2n) is 5.63. The minimum absolute atomic E-state index is 0.104. The van der Waals surface area contributed by atoms with Crippen LogP contribution in [0.5, 0.6) is 0 Å². The first-order chi connectivity index (χ1) is 12.8. The Morgan fingerprint density at radius 3 is 2.85 bits per heavy atom. The third-order valence-corrected chi connectivity index (χ3v) is 4.79. The molecule has 0 saturated heterocycles. The lowest BCUT2D eigenvalue weighted by atomic mass is 10.1. The number of carbonyl (C=O) groups excluding carboxylic acids is 1. The molecule has 0 aliphatic heterocycles. The fraction of sp³-hybridized carbons (Fsp3) is 0.105. The van der Waals surface area contributed by atoms with Gasteiger partial charge in [0.2, 0.25) is 0 Å². The molecule has 6 nitrogen and oxygen atoms in total. The molecule has 2 aromatic heterocycles. The van der Waals surface area contributed by atoms with Crippen molar-refractivity contribution in [1.82, 2.24) is 15.5 Å². The van der Waals surface area contributed by atoms with Gasteiger partial charge in [0.25, 0.3) is 5.91 Å². The molecule has 2 heterocycles. The lowest BCUT2D eigenvalue weighted by molar-refractivity contribution is 0.0945. The fourth-order valence-corrected chi connectivity index (χ4v) is 3.44. The Labute approximate surface area is 153 Å². The van der Waals surface area contributed by atoms with Crippen LogP contribution in [-0.4, -0.2) is 34.3 Å². The highest BCUT2D eigenvalue weighted by Crippen LogP contribution is 2.32. The molecule has 0 bridgehead atoms. The summed E-state index contributed by atoms with van der Waals surface area (Å²) in [5.74, 6) is -0.253. The first-order valence-corrected chi connectivity index (χ1v) is 8.94. The van der Waals surface area contributed by atoms with E-state index in [9.17, 15) is 4.79 Å². The molecule has 26 heavy (non-hydrogen) atoms. The average Bonchev–Trinajstić information content (AvgIpc) is 3.33. The van der Waals surface area contributed by atoms with E-state index in [-0.39, 0.29) is 19.1 Å². The largest absolute Gasteiger partial charge is 0.395 e. The average molecular weight is 365 g/mol. The lowest BCUT2D eigenvalue weighted by Gasteiger charge is -2.02. The third kappa shape index (κ3) is 3.10. The van der Waals surface area contributed by atoms with Gasteiger partial charge in [-0.2, -0.15) is 0 Å². The Bertz CT molecular complexity index is 1060. The number of aliphatic hydroxyl groups excluding tert-OH is 1. The molecule has 4 rings (SSSR count). The van der Waals surface area contributed by atoms with Crippen LogP contribution in [0.2, 0.25) is 0 Å². The molecular weight excluding hydrogens is 350 g/mol. The SMILES string of the molecule is O=C(NCCO)c1ccc2onc(-c3csc(-c4ccccc4)n3)c2c1. The number of fused-ring (bicyclic) bond motifs is 1. The molecule has 0 fully saturated rings. The quantitative estimate of drug-likeness (QED) is 0.566. The summed E-state index contributed by atoms with van der Waals surface area (Å²) in [6.07, 6.45) is 0. The highest BCUT2D eigenvalue weighted by molar-refractivity contribution is 7.13. The van der Waals surface area contributed by atoms with E-state index in [2.05, 4.69) is 15.5 Å². The summed E-state index contributed by atoms with van der Waals surface area (Å²) in [7, 11) is 0. The molecule has 0 radical (unpaired) electrons. The molecule has 0 unspecified atom stereocenters. The van der Waals surface area contributed by atoms with E-state index in [4.69, 9.17) is 9.63 Å². The molecule has 0 aliphatic rings. The molecule has 0 saturated carbocycles. The Hall–Kier alpha value is -3.03. The van der Waals surface area contributed by atoms with E-state index in [1.54, 1.807) is 18.2 Å². The molecular formula is C19H15N3O3S. The van der Waals surface area contributed by atoms with Crippen LogP contribution >= 0.6 is 11.3 Å². The summed E-state index contributed by atoms with van der Waals surface area (Å²) in [4.78, 5) is 16.8. The van der Waals surface area contributed by atoms with Crippen molar-refractivity contribution in [2.24, 2.45) is 0 Å². The van der Waals surface area contributed by atoms with Crippen LogP contribution in [0.1, 0.15) is 10.4 Å². The van der Waals surface area contributed by atoms with E-state index < -0.39 is 0 Å². The fourth-order valence-electron chi connectivity index (χ4n) is 2.63. The molecule has 130 valence electrons. The van der Waals surface area contributed by atoms with Gasteiger partial charge in [-0.05, 0) is 18.2 Å². The Kier molecular flexibility index (Phi) is 4.47. The lowest BCUT2D eigenvalue weighted by Crippen LogP contribution is -2.26. The zero-order valence-electron chi connectivity index (χ0n) is 13.7. The van der Waals surface area contributed by atoms with E-state index >= 15 is 0 Å². The summed E-state index contributed by atoms with van der Waals surface area (Å²) >= 11 is 1.53. The van der Waals surface area contributed by atoms with Gasteiger partial charge in [-0.15, -0.1) is 11.3 Å². The summed E-state index contributed by atoms with van der Waals surface area (Å²) in [6, 6.07) is 15.0. The maximum absolute atomic E-state index is 12.1. The van der Waals surface area contributed by atoms with Crippen LogP contribution in [-0.2, 0) is 0 Å². The van der Waals surface area contributed by atoms with Crippen LogP contribution in [0.25, 0.3) is 32.9 Å². The second kappa shape index (κ2) is 7.07. The second-order valence-corrected chi connectivity index (χ2v) is 6.48. The van der Waals surface area contributed by atoms with Gasteiger partial charge in [-0.3, -0.25) is 4.79 Å². The molecule has 0 aliphatic carbocycles. The van der Waals surface area contributed by atoms with E-state index in [1.807, 2.05) is 35.7 Å². The van der Waals surface area contributed by atoms with E-state index in [0.29, 0.717) is 22.5 Å². The molecule has 7 heteroatoms. The van der Waals surface area contributed by atoms with Crippen molar-refractivity contribution in [3.8, 4) is 22.0 Å². The number of thiazole rings is 1. The predicted octanol–water partition coefficient (Wildman–Crippen LogP) is 3.34. The number of benzene rings is 2. The standard InChI is InChI=1S/C19H15N3O3S/c23-9-8-20-18(24)13-6-7-16-14(10-13)17(22-25-16)15-11-26-19(21-15)12-4-2-1-3-5-12/h1-7,10-11,23H,8-9H2,(H,20,24). The summed E-state index contributed by atoms with van der Waals surface area (Å²) in [5.41, 5.74) is 3.43. The Balaban J connectivity index is 1.71. The smallest absolute Gasteiger partial charge is 0.251 e. The van der Waals surface area contributed by atoms with Crippen molar-refractivity contribution >= 4 is 28.2 Å². The summed E-state index contributed by atoms with van der Waals surface area (Å²) in [6.45, 7) is 0.105. The van der Waals surface area contributed by atoms with E-state index in [0.717, 1.165) is 16.0 Å². The number of nitrogens with zero attached hydrogens (tertiary/aromatic N) is 2. The molecule has 0 spiro atoms. The summed E-state index contributed by atoms with van der Waals surface area (Å²) < 4.78 is 5.38. The maximum Gasteiger partial charge on any atom is 0.251 e. The molecule has 1 amide bonds. The van der Waals surface area contributed by atoms with Gasteiger partial charge in [0, 0.05) is 23.1 Å². The first kappa shape index (κ1) is 16.4. The normalized spacial score (nSPS) is 11.0. The topological polar surface area (TPSA) is 88.2 Å². The molecule has 2 aromatic carbocycles. The Morgan fingerprint density at radius 1 is 1.19 bits per heavy atom. The number of aromatic nitrogens is 2. The van der Waals surface area contributed by atoms with Gasteiger partial charge in [-0.1, -0.05) is 35.5 Å². The van der Waals surface area contributed by atoms with Gasteiger partial charge in [0.15, 0.2) is 5.58 Å². The van der Waals surface area contributed by atoms with Gasteiger partial charge in [-0.25, -0.2) is 4.98 Å². The van der Waals surface area contributed by atoms with Crippen molar-refractivity contribution in [2.45, 2.75) is 0 Å². The number of nitrogens with one attached hydrogen (secondary N) is 1. The predicted molar refractivity (Wildman–Crippen MR) is 100.0 cm³/mol. The number of aliphatic hydroxyl groups is 1. The van der Waals surface area contributed by atoms with Crippen LogP contribution in [0, 0.1) is 0 Å².